The molecule has 0 fully saturated rings. The third kappa shape index (κ3) is 3.91. The number of aromatic amines is 1. The van der Waals surface area contributed by atoms with Crippen LogP contribution in [0.1, 0.15) is 45.7 Å². The number of amides is 2. The number of para-hydroxylation sites is 1. The second kappa shape index (κ2) is 9.08. The first-order chi connectivity index (χ1) is 19.0. The molecule has 9 heteroatoms. The van der Waals surface area contributed by atoms with E-state index in [2.05, 4.69) is 10.3 Å². The van der Waals surface area contributed by atoms with E-state index in [1.807, 2.05) is 43.3 Å². The number of anilines is 2. The van der Waals surface area contributed by atoms with Crippen LogP contribution in [0.2, 0.25) is 5.02 Å². The molecule has 0 atom stereocenters. The van der Waals surface area contributed by atoms with Gasteiger partial charge >= 0.3 is 0 Å². The highest BCUT2D eigenvalue weighted by molar-refractivity contribution is 6.37. The summed E-state index contributed by atoms with van der Waals surface area (Å²) >= 11 is 6.88. The standard InChI is InChI=1S/C31H26ClFN4O3/c1-15-17(6-5-9-24(15)37-14-35-27-19(30(37)39)7-4-8-22(27)33)25-21(32)13-20(29(34)38)28-26(25)18-11-10-16(31(2,3)40)12-23(18)36-28/h4-13,35-36,40H,14H2,1-3H3,(H2,34,38). The molecule has 1 aliphatic rings. The Morgan fingerprint density at radius 2 is 1.82 bits per heavy atom. The summed E-state index contributed by atoms with van der Waals surface area (Å²) in [6, 6.07) is 17.1. The average molecular weight is 557 g/mol. The summed E-state index contributed by atoms with van der Waals surface area (Å²) in [6.45, 7) is 5.39. The minimum absolute atomic E-state index is 0.0909. The van der Waals surface area contributed by atoms with E-state index in [1.165, 1.54) is 12.1 Å². The van der Waals surface area contributed by atoms with Gasteiger partial charge in [0.1, 0.15) is 5.82 Å². The lowest BCUT2D eigenvalue weighted by atomic mass is 9.91. The van der Waals surface area contributed by atoms with Crippen molar-refractivity contribution in [2.75, 3.05) is 16.9 Å². The van der Waals surface area contributed by atoms with Crippen molar-refractivity contribution in [2.45, 2.75) is 26.4 Å². The Kier molecular flexibility index (Phi) is 5.87. The summed E-state index contributed by atoms with van der Waals surface area (Å²) in [5.74, 6) is -1.43. The number of primary amides is 1. The van der Waals surface area contributed by atoms with Gasteiger partial charge in [0.2, 0.25) is 0 Å². The molecule has 0 saturated heterocycles. The number of hydrogen-bond acceptors (Lipinski definition) is 4. The number of benzene rings is 4. The van der Waals surface area contributed by atoms with Gasteiger partial charge in [0.15, 0.2) is 0 Å². The van der Waals surface area contributed by atoms with Crippen molar-refractivity contribution >= 4 is 56.6 Å². The largest absolute Gasteiger partial charge is 0.386 e. The fourth-order valence-corrected chi connectivity index (χ4v) is 5.83. The van der Waals surface area contributed by atoms with Crippen molar-refractivity contribution in [2.24, 2.45) is 5.73 Å². The highest BCUT2D eigenvalue weighted by Crippen LogP contribution is 2.44. The van der Waals surface area contributed by atoms with E-state index in [4.69, 9.17) is 17.3 Å². The molecular formula is C31H26ClFN4O3. The number of aromatic nitrogens is 1. The van der Waals surface area contributed by atoms with Gasteiger partial charge in [-0.25, -0.2) is 4.39 Å². The summed E-state index contributed by atoms with van der Waals surface area (Å²) in [4.78, 5) is 30.7. The molecule has 0 aliphatic carbocycles. The number of H-pyrrole nitrogens is 1. The number of carbonyl (C=O) groups is 2. The van der Waals surface area contributed by atoms with Crippen LogP contribution in [0.4, 0.5) is 15.8 Å². The number of carbonyl (C=O) groups excluding carboxylic acids is 2. The molecule has 0 spiro atoms. The molecule has 5 aromatic rings. The monoisotopic (exact) mass is 556 g/mol. The smallest absolute Gasteiger partial charge is 0.261 e. The van der Waals surface area contributed by atoms with Gasteiger partial charge in [-0.1, -0.05) is 41.9 Å². The maximum Gasteiger partial charge on any atom is 0.261 e. The SMILES string of the molecule is Cc1c(-c2c(Cl)cc(C(N)=O)c3[nH]c4cc(C(C)(C)O)ccc4c23)cccc1N1CNc2c(F)cccc2C1=O. The zero-order valence-corrected chi connectivity index (χ0v) is 22.8. The zero-order valence-electron chi connectivity index (χ0n) is 22.0. The molecule has 40 heavy (non-hydrogen) atoms. The van der Waals surface area contributed by atoms with Gasteiger partial charge in [0.05, 0.1) is 34.6 Å². The Morgan fingerprint density at radius 1 is 1.10 bits per heavy atom. The predicted molar refractivity (Wildman–Crippen MR) is 156 cm³/mol. The lowest BCUT2D eigenvalue weighted by Crippen LogP contribution is -2.40. The Balaban J connectivity index is 1.58. The van der Waals surface area contributed by atoms with Crippen LogP contribution >= 0.6 is 11.6 Å². The van der Waals surface area contributed by atoms with Gasteiger partial charge in [-0.05, 0) is 67.8 Å². The molecule has 5 N–H and O–H groups in total. The first-order valence-electron chi connectivity index (χ1n) is 12.7. The number of fused-ring (bicyclic) bond motifs is 4. The second-order valence-corrected chi connectivity index (χ2v) is 10.9. The number of halogens is 2. The number of rotatable bonds is 4. The maximum absolute atomic E-state index is 14.3. The van der Waals surface area contributed by atoms with E-state index < -0.39 is 17.3 Å². The highest BCUT2D eigenvalue weighted by atomic mass is 35.5. The molecule has 2 amide bonds. The quantitative estimate of drug-likeness (QED) is 0.204. The Morgan fingerprint density at radius 3 is 2.55 bits per heavy atom. The van der Waals surface area contributed by atoms with E-state index in [-0.39, 0.29) is 29.4 Å². The van der Waals surface area contributed by atoms with Crippen molar-refractivity contribution in [3.8, 4) is 11.1 Å². The lowest BCUT2D eigenvalue weighted by molar-refractivity contribution is 0.0787. The van der Waals surface area contributed by atoms with Crippen molar-refractivity contribution in [3.63, 3.8) is 0 Å². The van der Waals surface area contributed by atoms with Crippen LogP contribution in [0.3, 0.4) is 0 Å². The second-order valence-electron chi connectivity index (χ2n) is 10.5. The highest BCUT2D eigenvalue weighted by Gasteiger charge is 2.29. The lowest BCUT2D eigenvalue weighted by Gasteiger charge is -2.31. The van der Waals surface area contributed by atoms with Crippen molar-refractivity contribution in [1.82, 2.24) is 4.98 Å². The normalized spacial score (nSPS) is 13.6. The molecule has 7 nitrogen and oxygen atoms in total. The van der Waals surface area contributed by atoms with Gasteiger partial charge < -0.3 is 21.1 Å². The number of nitrogens with two attached hydrogens (primary N) is 1. The van der Waals surface area contributed by atoms with Gasteiger partial charge in [0, 0.05) is 32.6 Å². The van der Waals surface area contributed by atoms with Crippen LogP contribution in [0.5, 0.6) is 0 Å². The van der Waals surface area contributed by atoms with Gasteiger partial charge in [-0.15, -0.1) is 0 Å². The third-order valence-electron chi connectivity index (χ3n) is 7.57. The molecule has 202 valence electrons. The van der Waals surface area contributed by atoms with Crippen molar-refractivity contribution in [1.29, 1.82) is 0 Å². The molecule has 4 aromatic carbocycles. The predicted octanol–water partition coefficient (Wildman–Crippen LogP) is 6.45. The van der Waals surface area contributed by atoms with Crippen LogP contribution in [0, 0.1) is 12.7 Å². The molecule has 2 heterocycles. The fraction of sp³-hybridized carbons (Fsp3) is 0.161. The average Bonchev–Trinajstić information content (AvgIpc) is 3.28. The molecule has 0 unspecified atom stereocenters. The Hall–Kier alpha value is -4.40. The first kappa shape index (κ1) is 25.9. The third-order valence-corrected chi connectivity index (χ3v) is 7.87. The van der Waals surface area contributed by atoms with E-state index in [1.54, 1.807) is 30.9 Å². The number of hydrogen-bond donors (Lipinski definition) is 4. The van der Waals surface area contributed by atoms with Gasteiger partial charge in [0.25, 0.3) is 11.8 Å². The van der Waals surface area contributed by atoms with Crippen molar-refractivity contribution in [3.05, 3.63) is 93.8 Å². The summed E-state index contributed by atoms with van der Waals surface area (Å²) < 4.78 is 14.3. The number of nitrogens with zero attached hydrogens (tertiary/aromatic N) is 1. The molecule has 0 radical (unpaired) electrons. The van der Waals surface area contributed by atoms with Crippen LogP contribution in [0.15, 0.2) is 60.7 Å². The zero-order chi connectivity index (χ0) is 28.5. The summed E-state index contributed by atoms with van der Waals surface area (Å²) in [5, 5.41) is 15.4. The van der Waals surface area contributed by atoms with Gasteiger partial charge in [-0.3, -0.25) is 14.5 Å². The maximum atomic E-state index is 14.3. The Bertz CT molecular complexity index is 1890. The van der Waals surface area contributed by atoms with E-state index >= 15 is 0 Å². The summed E-state index contributed by atoms with van der Waals surface area (Å²) in [6.07, 6.45) is 0. The van der Waals surface area contributed by atoms with Crippen LogP contribution in [-0.2, 0) is 5.60 Å². The molecule has 1 aliphatic heterocycles. The van der Waals surface area contributed by atoms with Crippen molar-refractivity contribution < 1.29 is 19.1 Å². The minimum atomic E-state index is -1.07. The summed E-state index contributed by atoms with van der Waals surface area (Å²) in [5.41, 5.74) is 10.1. The number of nitrogens with one attached hydrogen (secondary N) is 2. The fourth-order valence-electron chi connectivity index (χ4n) is 5.53. The first-order valence-corrected chi connectivity index (χ1v) is 13.1. The number of aliphatic hydroxyl groups is 1. The van der Waals surface area contributed by atoms with Crippen LogP contribution in [-0.4, -0.2) is 28.6 Å². The molecule has 0 saturated carbocycles. The topological polar surface area (TPSA) is 111 Å². The molecule has 0 bridgehead atoms. The van der Waals surface area contributed by atoms with E-state index in [0.717, 1.165) is 16.5 Å². The van der Waals surface area contributed by atoms with Crippen LogP contribution in [0.25, 0.3) is 32.9 Å². The van der Waals surface area contributed by atoms with Gasteiger partial charge in [-0.2, -0.15) is 0 Å². The van der Waals surface area contributed by atoms with E-state index in [0.29, 0.717) is 38.3 Å². The van der Waals surface area contributed by atoms with E-state index in [9.17, 15) is 19.1 Å². The van der Waals surface area contributed by atoms with Crippen LogP contribution < -0.4 is 16.0 Å². The molecule has 1 aromatic heterocycles. The summed E-state index contributed by atoms with van der Waals surface area (Å²) in [7, 11) is 0. The minimum Gasteiger partial charge on any atom is -0.386 e. The molecule has 6 rings (SSSR count). The molecular weight excluding hydrogens is 531 g/mol. The Labute approximate surface area is 234 Å².